The maximum atomic E-state index is 12.0. The highest BCUT2D eigenvalue weighted by Crippen LogP contribution is 2.64. The second-order valence-electron chi connectivity index (χ2n) is 10.8. The minimum atomic E-state index is 0.260. The van der Waals surface area contributed by atoms with Crippen molar-refractivity contribution in [3.8, 4) is 0 Å². The van der Waals surface area contributed by atoms with Gasteiger partial charge in [-0.25, -0.2) is 0 Å². The van der Waals surface area contributed by atoms with Crippen molar-refractivity contribution in [1.29, 1.82) is 0 Å². The van der Waals surface area contributed by atoms with Gasteiger partial charge in [0.25, 0.3) is 0 Å². The van der Waals surface area contributed by atoms with Crippen LogP contribution in [0.15, 0.2) is 0 Å². The highest BCUT2D eigenvalue weighted by molar-refractivity contribution is 5.77. The summed E-state index contributed by atoms with van der Waals surface area (Å²) in [4.78, 5) is 26.1. The van der Waals surface area contributed by atoms with Gasteiger partial charge in [-0.2, -0.15) is 0 Å². The molecule has 1 saturated heterocycles. The number of carbonyl (C=O) groups excluding carboxylic acids is 2. The second-order valence-corrected chi connectivity index (χ2v) is 10.8. The first-order valence-electron chi connectivity index (χ1n) is 11.9. The minimum Gasteiger partial charge on any atom is -0.353 e. The fourth-order valence-electron chi connectivity index (χ4n) is 8.05. The lowest BCUT2D eigenvalue weighted by Gasteiger charge is -2.60. The van der Waals surface area contributed by atoms with Gasteiger partial charge in [0.05, 0.1) is 0 Å². The number of hydrogen-bond acceptors (Lipinski definition) is 2. The Kier molecular flexibility index (Phi) is 5.52. The molecule has 2 amide bonds. The average Bonchev–Trinajstić information content (AvgIpc) is 3.03. The van der Waals surface area contributed by atoms with E-state index < -0.39 is 0 Å². The van der Waals surface area contributed by atoms with Gasteiger partial charge in [-0.1, -0.05) is 33.6 Å². The zero-order chi connectivity index (χ0) is 19.9. The summed E-state index contributed by atoms with van der Waals surface area (Å²) in [7, 11) is 0. The lowest BCUT2D eigenvalue weighted by molar-refractivity contribution is -0.138. The third kappa shape index (κ3) is 3.10. The van der Waals surface area contributed by atoms with Gasteiger partial charge in [-0.3, -0.25) is 9.59 Å². The van der Waals surface area contributed by atoms with Crippen molar-refractivity contribution in [3.63, 3.8) is 0 Å². The quantitative estimate of drug-likeness (QED) is 0.537. The van der Waals surface area contributed by atoms with Gasteiger partial charge in [-0.05, 0) is 80.0 Å². The Balaban J connectivity index is 1.52. The van der Waals surface area contributed by atoms with E-state index in [4.69, 9.17) is 0 Å². The monoisotopic (exact) mass is 388 g/mol. The Morgan fingerprint density at radius 3 is 2.57 bits per heavy atom. The number of nitrogens with zero attached hydrogens (tertiary/aromatic N) is 1. The molecule has 0 aromatic carbocycles. The average molecular weight is 389 g/mol. The minimum absolute atomic E-state index is 0.260. The predicted molar refractivity (Wildman–Crippen MR) is 112 cm³/mol. The zero-order valence-corrected chi connectivity index (χ0v) is 18.2. The SMILES string of the molecule is CCCCCN(C=O)[C@H]1CC[C@H]2[C@@H]3CC[C@H]4NC(=O)CC[C@]4(C)[C@H]3CC[C@]12C. The van der Waals surface area contributed by atoms with E-state index in [0.717, 1.165) is 50.0 Å². The van der Waals surface area contributed by atoms with E-state index in [-0.39, 0.29) is 16.7 Å². The van der Waals surface area contributed by atoms with Crippen LogP contribution in [0.2, 0.25) is 0 Å². The fourth-order valence-corrected chi connectivity index (χ4v) is 8.05. The number of unbranched alkanes of at least 4 members (excludes halogenated alkanes) is 2. The topological polar surface area (TPSA) is 49.4 Å². The highest BCUT2D eigenvalue weighted by Gasteiger charge is 2.61. The predicted octanol–water partition coefficient (Wildman–Crippen LogP) is 4.52. The summed E-state index contributed by atoms with van der Waals surface area (Å²) in [6, 6.07) is 0.821. The standard InChI is InChI=1S/C24H40N2O2/c1-4-5-6-15-26(16-27)21-10-8-18-17-7-9-20-23(2,14-12-22(28)25-20)19(17)11-13-24(18,21)3/h16-21H,4-15H2,1-3H3,(H,25,28)/t17-,18-,19-,20+,21-,23+,24-/m0/s1. The molecule has 3 aliphatic carbocycles. The molecule has 4 fully saturated rings. The summed E-state index contributed by atoms with van der Waals surface area (Å²) in [5, 5.41) is 3.33. The molecule has 0 aromatic heterocycles. The van der Waals surface area contributed by atoms with Crippen LogP contribution in [0.1, 0.15) is 91.4 Å². The van der Waals surface area contributed by atoms with Crippen LogP contribution in [0, 0.1) is 28.6 Å². The van der Waals surface area contributed by atoms with E-state index in [1.54, 1.807) is 0 Å². The summed E-state index contributed by atoms with van der Waals surface area (Å²) in [6.07, 6.45) is 13.9. The largest absolute Gasteiger partial charge is 0.353 e. The van der Waals surface area contributed by atoms with Gasteiger partial charge >= 0.3 is 0 Å². The van der Waals surface area contributed by atoms with Crippen LogP contribution in [-0.2, 0) is 9.59 Å². The number of amides is 2. The molecule has 7 atom stereocenters. The van der Waals surface area contributed by atoms with Crippen molar-refractivity contribution in [1.82, 2.24) is 10.2 Å². The maximum Gasteiger partial charge on any atom is 0.220 e. The second kappa shape index (κ2) is 7.65. The first kappa shape index (κ1) is 20.2. The van der Waals surface area contributed by atoms with Gasteiger partial charge in [-0.15, -0.1) is 0 Å². The Morgan fingerprint density at radius 2 is 1.82 bits per heavy atom. The van der Waals surface area contributed by atoms with Gasteiger partial charge in [0, 0.05) is 25.0 Å². The van der Waals surface area contributed by atoms with E-state index in [1.807, 2.05) is 0 Å². The fraction of sp³-hybridized carbons (Fsp3) is 0.917. The Labute approximate surface area is 171 Å². The summed E-state index contributed by atoms with van der Waals surface area (Å²) in [5.41, 5.74) is 0.567. The smallest absolute Gasteiger partial charge is 0.220 e. The normalized spacial score (nSPS) is 44.8. The molecular weight excluding hydrogens is 348 g/mol. The molecule has 3 saturated carbocycles. The molecule has 0 unspecified atom stereocenters. The molecule has 0 spiro atoms. The van der Waals surface area contributed by atoms with E-state index in [1.165, 1.54) is 44.9 Å². The number of piperidine rings is 1. The number of carbonyl (C=O) groups is 2. The van der Waals surface area contributed by atoms with E-state index in [2.05, 4.69) is 31.0 Å². The third-order valence-electron chi connectivity index (χ3n) is 9.60. The van der Waals surface area contributed by atoms with Crippen molar-refractivity contribution in [2.24, 2.45) is 28.6 Å². The van der Waals surface area contributed by atoms with Crippen LogP contribution in [0.3, 0.4) is 0 Å². The van der Waals surface area contributed by atoms with Crippen LogP contribution < -0.4 is 5.32 Å². The summed E-state index contributed by atoms with van der Waals surface area (Å²) >= 11 is 0. The van der Waals surface area contributed by atoms with E-state index >= 15 is 0 Å². The summed E-state index contributed by atoms with van der Waals surface area (Å²) in [5.74, 6) is 2.54. The molecule has 4 aliphatic rings. The van der Waals surface area contributed by atoms with E-state index in [9.17, 15) is 9.59 Å². The molecular formula is C24H40N2O2. The molecule has 4 rings (SSSR count). The van der Waals surface area contributed by atoms with Gasteiger partial charge in [0.15, 0.2) is 0 Å². The Hall–Kier alpha value is -1.06. The van der Waals surface area contributed by atoms with Gasteiger partial charge < -0.3 is 10.2 Å². The molecule has 1 aliphatic heterocycles. The number of hydrogen-bond donors (Lipinski definition) is 1. The maximum absolute atomic E-state index is 12.0. The zero-order valence-electron chi connectivity index (χ0n) is 18.2. The molecule has 4 heteroatoms. The van der Waals surface area contributed by atoms with Crippen LogP contribution in [0.4, 0.5) is 0 Å². The highest BCUT2D eigenvalue weighted by atomic mass is 16.1. The number of rotatable bonds is 6. The van der Waals surface area contributed by atoms with Gasteiger partial charge in [0.2, 0.25) is 12.3 Å². The summed E-state index contributed by atoms with van der Waals surface area (Å²) in [6.45, 7) is 8.12. The van der Waals surface area contributed by atoms with Crippen molar-refractivity contribution >= 4 is 12.3 Å². The first-order chi connectivity index (χ1) is 13.4. The van der Waals surface area contributed by atoms with Gasteiger partial charge in [0.1, 0.15) is 0 Å². The molecule has 1 heterocycles. The summed E-state index contributed by atoms with van der Waals surface area (Å²) < 4.78 is 0. The van der Waals surface area contributed by atoms with Crippen LogP contribution in [0.25, 0.3) is 0 Å². The van der Waals surface area contributed by atoms with Crippen molar-refractivity contribution < 1.29 is 9.59 Å². The third-order valence-corrected chi connectivity index (χ3v) is 9.60. The lowest BCUT2D eigenvalue weighted by atomic mass is 9.47. The van der Waals surface area contributed by atoms with E-state index in [0.29, 0.717) is 18.5 Å². The number of nitrogens with one attached hydrogen (secondary N) is 1. The van der Waals surface area contributed by atoms with Crippen molar-refractivity contribution in [2.45, 2.75) is 103 Å². The molecule has 4 nitrogen and oxygen atoms in total. The Bertz CT molecular complexity index is 607. The van der Waals surface area contributed by atoms with Crippen molar-refractivity contribution in [2.75, 3.05) is 6.54 Å². The lowest BCUT2D eigenvalue weighted by Crippen LogP contribution is -2.61. The molecule has 0 aromatic rings. The van der Waals surface area contributed by atoms with Crippen molar-refractivity contribution in [3.05, 3.63) is 0 Å². The van der Waals surface area contributed by atoms with Crippen LogP contribution in [0.5, 0.6) is 0 Å². The molecule has 0 radical (unpaired) electrons. The number of fused-ring (bicyclic) bond motifs is 5. The molecule has 1 N–H and O–H groups in total. The Morgan fingerprint density at radius 1 is 1.04 bits per heavy atom. The molecule has 28 heavy (non-hydrogen) atoms. The molecule has 0 bridgehead atoms. The first-order valence-corrected chi connectivity index (χ1v) is 11.9. The van der Waals surface area contributed by atoms with Crippen LogP contribution in [-0.4, -0.2) is 35.8 Å². The van der Waals surface area contributed by atoms with Crippen LogP contribution >= 0.6 is 0 Å². The molecule has 158 valence electrons.